The Balaban J connectivity index is 1.48. The van der Waals surface area contributed by atoms with Crippen molar-refractivity contribution in [2.75, 3.05) is 25.0 Å². The fraction of sp³-hybridized carbons (Fsp3) is 0.333. The summed E-state index contributed by atoms with van der Waals surface area (Å²) in [6, 6.07) is 8.90. The third kappa shape index (κ3) is 4.32. The molecule has 0 aliphatic carbocycles. The standard InChI is InChI=1S/C18H20N4O3/c23-16(22-10-1-2-11-22)7-9-20-17(24)18(25)21-14-5-6-15-13(12-14)4-3-8-19-15/h3-6,8,12H,1-2,7,9-11H2,(H,20,24)(H,21,25). The van der Waals surface area contributed by atoms with Gasteiger partial charge in [0.05, 0.1) is 5.52 Å². The minimum Gasteiger partial charge on any atom is -0.347 e. The Morgan fingerprint density at radius 2 is 1.88 bits per heavy atom. The molecular weight excluding hydrogens is 320 g/mol. The fourth-order valence-electron chi connectivity index (χ4n) is 2.83. The highest BCUT2D eigenvalue weighted by molar-refractivity contribution is 6.39. The number of likely N-dealkylation sites (tertiary alicyclic amines) is 1. The molecule has 1 aliphatic heterocycles. The van der Waals surface area contributed by atoms with Crippen LogP contribution in [-0.2, 0) is 14.4 Å². The van der Waals surface area contributed by atoms with Gasteiger partial charge in [-0.2, -0.15) is 0 Å². The van der Waals surface area contributed by atoms with Crippen molar-refractivity contribution in [3.8, 4) is 0 Å². The number of fused-ring (bicyclic) bond motifs is 1. The lowest BCUT2D eigenvalue weighted by Crippen LogP contribution is -2.38. The van der Waals surface area contributed by atoms with Gasteiger partial charge >= 0.3 is 11.8 Å². The molecule has 2 aromatic rings. The molecule has 1 saturated heterocycles. The van der Waals surface area contributed by atoms with Crippen LogP contribution >= 0.6 is 0 Å². The first-order valence-electron chi connectivity index (χ1n) is 8.35. The molecule has 0 bridgehead atoms. The van der Waals surface area contributed by atoms with Crippen molar-refractivity contribution in [2.45, 2.75) is 19.3 Å². The molecule has 3 rings (SSSR count). The topological polar surface area (TPSA) is 91.4 Å². The normalized spacial score (nSPS) is 13.7. The Bertz CT molecular complexity index is 800. The second-order valence-corrected chi connectivity index (χ2v) is 5.96. The number of aromatic nitrogens is 1. The molecule has 3 amide bonds. The van der Waals surface area contributed by atoms with Crippen LogP contribution in [0.5, 0.6) is 0 Å². The van der Waals surface area contributed by atoms with Crippen molar-refractivity contribution >= 4 is 34.3 Å². The third-order valence-corrected chi connectivity index (χ3v) is 4.15. The van der Waals surface area contributed by atoms with E-state index in [4.69, 9.17) is 0 Å². The lowest BCUT2D eigenvalue weighted by molar-refractivity contribution is -0.136. The van der Waals surface area contributed by atoms with Crippen molar-refractivity contribution in [1.29, 1.82) is 0 Å². The van der Waals surface area contributed by atoms with Gasteiger partial charge in [0.25, 0.3) is 0 Å². The quantitative estimate of drug-likeness (QED) is 0.821. The van der Waals surface area contributed by atoms with Crippen LogP contribution in [0.4, 0.5) is 5.69 Å². The van der Waals surface area contributed by atoms with E-state index in [1.54, 1.807) is 35.4 Å². The molecule has 7 heteroatoms. The molecule has 1 fully saturated rings. The van der Waals surface area contributed by atoms with Crippen molar-refractivity contribution in [3.63, 3.8) is 0 Å². The number of hydrogen-bond acceptors (Lipinski definition) is 4. The highest BCUT2D eigenvalue weighted by atomic mass is 16.2. The van der Waals surface area contributed by atoms with E-state index >= 15 is 0 Å². The number of anilines is 1. The monoisotopic (exact) mass is 340 g/mol. The highest BCUT2D eigenvalue weighted by Crippen LogP contribution is 2.16. The second-order valence-electron chi connectivity index (χ2n) is 5.96. The summed E-state index contributed by atoms with van der Waals surface area (Å²) in [6.45, 7) is 1.72. The van der Waals surface area contributed by atoms with Crippen molar-refractivity contribution in [3.05, 3.63) is 36.5 Å². The number of amides is 3. The summed E-state index contributed by atoms with van der Waals surface area (Å²) in [5, 5.41) is 5.91. The number of nitrogens with one attached hydrogen (secondary N) is 2. The van der Waals surface area contributed by atoms with Gasteiger partial charge in [-0.15, -0.1) is 0 Å². The van der Waals surface area contributed by atoms with E-state index in [-0.39, 0.29) is 18.9 Å². The van der Waals surface area contributed by atoms with Gasteiger partial charge in [-0.1, -0.05) is 6.07 Å². The lowest BCUT2D eigenvalue weighted by atomic mass is 10.2. The molecule has 2 heterocycles. The van der Waals surface area contributed by atoms with Crippen LogP contribution in [0.25, 0.3) is 10.9 Å². The van der Waals surface area contributed by atoms with E-state index in [9.17, 15) is 14.4 Å². The zero-order valence-electron chi connectivity index (χ0n) is 13.8. The maximum Gasteiger partial charge on any atom is 0.313 e. The molecule has 25 heavy (non-hydrogen) atoms. The van der Waals surface area contributed by atoms with Gasteiger partial charge in [0.2, 0.25) is 5.91 Å². The molecule has 0 radical (unpaired) electrons. The molecule has 1 aromatic heterocycles. The first-order chi connectivity index (χ1) is 12.1. The number of hydrogen-bond donors (Lipinski definition) is 2. The van der Waals surface area contributed by atoms with Gasteiger partial charge in [0.15, 0.2) is 0 Å². The smallest absolute Gasteiger partial charge is 0.313 e. The molecule has 7 nitrogen and oxygen atoms in total. The minimum atomic E-state index is -0.753. The number of rotatable bonds is 4. The predicted molar refractivity (Wildman–Crippen MR) is 93.8 cm³/mol. The molecule has 1 aromatic carbocycles. The molecule has 0 spiro atoms. The van der Waals surface area contributed by atoms with Gasteiger partial charge in [-0.3, -0.25) is 19.4 Å². The first-order valence-corrected chi connectivity index (χ1v) is 8.35. The average Bonchev–Trinajstić information content (AvgIpc) is 3.16. The average molecular weight is 340 g/mol. The van der Waals surface area contributed by atoms with E-state index in [0.29, 0.717) is 5.69 Å². The van der Waals surface area contributed by atoms with Crippen LogP contribution in [0.1, 0.15) is 19.3 Å². The SMILES string of the molecule is O=C(NCCC(=O)N1CCCC1)C(=O)Nc1ccc2ncccc2c1. The largest absolute Gasteiger partial charge is 0.347 e. The van der Waals surface area contributed by atoms with Crippen LogP contribution in [0.2, 0.25) is 0 Å². The summed E-state index contributed by atoms with van der Waals surface area (Å²) in [5.74, 6) is -1.49. The van der Waals surface area contributed by atoms with E-state index in [2.05, 4.69) is 15.6 Å². The summed E-state index contributed by atoms with van der Waals surface area (Å²) in [5.41, 5.74) is 1.33. The molecule has 0 atom stereocenters. The maximum atomic E-state index is 11.9. The molecule has 2 N–H and O–H groups in total. The molecule has 130 valence electrons. The van der Waals surface area contributed by atoms with Crippen LogP contribution in [0.3, 0.4) is 0 Å². The summed E-state index contributed by atoms with van der Waals surface area (Å²) in [7, 11) is 0. The van der Waals surface area contributed by atoms with Crippen molar-refractivity contribution < 1.29 is 14.4 Å². The Hall–Kier alpha value is -2.96. The van der Waals surface area contributed by atoms with E-state index in [1.165, 1.54) is 0 Å². The lowest BCUT2D eigenvalue weighted by Gasteiger charge is -2.15. The molecular formula is C18H20N4O3. The van der Waals surface area contributed by atoms with Crippen LogP contribution < -0.4 is 10.6 Å². The van der Waals surface area contributed by atoms with Gasteiger partial charge in [0.1, 0.15) is 0 Å². The number of carbonyl (C=O) groups is 3. The van der Waals surface area contributed by atoms with E-state index in [0.717, 1.165) is 36.8 Å². The zero-order valence-corrected chi connectivity index (χ0v) is 13.8. The molecule has 0 saturated carbocycles. The number of carbonyl (C=O) groups excluding carboxylic acids is 3. The maximum absolute atomic E-state index is 11.9. The van der Waals surface area contributed by atoms with Gasteiger partial charge in [-0.05, 0) is 37.1 Å². The van der Waals surface area contributed by atoms with E-state index in [1.807, 2.05) is 6.07 Å². The third-order valence-electron chi connectivity index (χ3n) is 4.15. The van der Waals surface area contributed by atoms with Crippen LogP contribution in [0.15, 0.2) is 36.5 Å². The molecule has 0 unspecified atom stereocenters. The second kappa shape index (κ2) is 7.74. The van der Waals surface area contributed by atoms with Gasteiger partial charge < -0.3 is 15.5 Å². The Kier molecular flexibility index (Phi) is 5.23. The summed E-state index contributed by atoms with van der Waals surface area (Å²) < 4.78 is 0. The van der Waals surface area contributed by atoms with E-state index < -0.39 is 11.8 Å². The van der Waals surface area contributed by atoms with Crippen LogP contribution in [-0.4, -0.2) is 47.2 Å². The number of pyridine rings is 1. The first kappa shape index (κ1) is 16.9. The Labute approximate surface area is 145 Å². The van der Waals surface area contributed by atoms with Crippen LogP contribution in [0, 0.1) is 0 Å². The minimum absolute atomic E-state index is 0.0141. The zero-order chi connectivity index (χ0) is 17.6. The fourth-order valence-corrected chi connectivity index (χ4v) is 2.83. The Morgan fingerprint density at radius 3 is 2.68 bits per heavy atom. The summed E-state index contributed by atoms with van der Waals surface area (Å²) in [6.07, 6.45) is 3.96. The number of nitrogens with zero attached hydrogens (tertiary/aromatic N) is 2. The Morgan fingerprint density at radius 1 is 1.08 bits per heavy atom. The summed E-state index contributed by atoms with van der Waals surface area (Å²) >= 11 is 0. The van der Waals surface area contributed by atoms with Gasteiger partial charge in [0, 0.05) is 43.3 Å². The molecule has 1 aliphatic rings. The van der Waals surface area contributed by atoms with Crippen molar-refractivity contribution in [2.24, 2.45) is 0 Å². The van der Waals surface area contributed by atoms with Crippen molar-refractivity contribution in [1.82, 2.24) is 15.2 Å². The highest BCUT2D eigenvalue weighted by Gasteiger charge is 2.18. The number of benzene rings is 1. The summed E-state index contributed by atoms with van der Waals surface area (Å²) in [4.78, 5) is 41.7. The predicted octanol–water partition coefficient (Wildman–Crippen LogP) is 1.30. The van der Waals surface area contributed by atoms with Gasteiger partial charge in [-0.25, -0.2) is 0 Å².